The fourth-order valence-electron chi connectivity index (χ4n) is 3.47. The first-order valence-corrected chi connectivity index (χ1v) is 8.89. The molecule has 128 valence electrons. The van der Waals surface area contributed by atoms with Crippen LogP contribution in [-0.4, -0.2) is 47.7 Å². The zero-order valence-corrected chi connectivity index (χ0v) is 14.4. The molecular weight excluding hydrogens is 288 g/mol. The molecule has 4 nitrogen and oxygen atoms in total. The summed E-state index contributed by atoms with van der Waals surface area (Å²) >= 11 is 0. The lowest BCUT2D eigenvalue weighted by molar-refractivity contribution is -0.124. The van der Waals surface area contributed by atoms with Crippen LogP contribution in [0.15, 0.2) is 24.3 Å². The van der Waals surface area contributed by atoms with Crippen molar-refractivity contribution in [2.24, 2.45) is 0 Å². The summed E-state index contributed by atoms with van der Waals surface area (Å²) in [6, 6.07) is 8.96. The molecule has 0 radical (unpaired) electrons. The van der Waals surface area contributed by atoms with Crippen molar-refractivity contribution >= 4 is 5.91 Å². The number of hydrogen-bond donors (Lipinski definition) is 2. The molecule has 2 rings (SSSR count). The largest absolute Gasteiger partial charge is 0.395 e. The molecular formula is C19H30N2O2. The molecule has 0 saturated carbocycles. The summed E-state index contributed by atoms with van der Waals surface area (Å²) in [5.41, 5.74) is 2.81. The van der Waals surface area contributed by atoms with E-state index in [1.807, 2.05) is 0 Å². The van der Waals surface area contributed by atoms with Crippen LogP contribution in [0.3, 0.4) is 0 Å². The Balaban J connectivity index is 2.09. The van der Waals surface area contributed by atoms with Crippen molar-refractivity contribution in [1.29, 1.82) is 0 Å². The second kappa shape index (κ2) is 9.04. The summed E-state index contributed by atoms with van der Waals surface area (Å²) < 4.78 is 0. The van der Waals surface area contributed by atoms with Crippen molar-refractivity contribution in [2.75, 3.05) is 19.7 Å². The van der Waals surface area contributed by atoms with E-state index in [9.17, 15) is 9.90 Å². The number of hydrogen-bond acceptors (Lipinski definition) is 3. The number of fused-ring (bicyclic) bond motifs is 1. The fraction of sp³-hybridized carbons (Fsp3) is 0.632. The van der Waals surface area contributed by atoms with Crippen LogP contribution in [0.4, 0.5) is 0 Å². The Labute approximate surface area is 139 Å². The highest BCUT2D eigenvalue weighted by molar-refractivity contribution is 5.78. The van der Waals surface area contributed by atoms with Gasteiger partial charge >= 0.3 is 0 Å². The predicted molar refractivity (Wildman–Crippen MR) is 93.4 cm³/mol. The third-order valence-corrected chi connectivity index (χ3v) is 4.84. The zero-order chi connectivity index (χ0) is 16.7. The highest BCUT2D eigenvalue weighted by Crippen LogP contribution is 2.26. The minimum atomic E-state index is 0.0534. The molecule has 0 spiro atoms. The first-order valence-electron chi connectivity index (χ1n) is 8.89. The van der Waals surface area contributed by atoms with Crippen molar-refractivity contribution in [3.05, 3.63) is 35.4 Å². The van der Waals surface area contributed by atoms with Crippen LogP contribution in [0.5, 0.6) is 0 Å². The van der Waals surface area contributed by atoms with Crippen LogP contribution in [-0.2, 0) is 17.6 Å². The summed E-state index contributed by atoms with van der Waals surface area (Å²) in [7, 11) is 0. The maximum absolute atomic E-state index is 12.2. The zero-order valence-electron chi connectivity index (χ0n) is 14.4. The Hall–Kier alpha value is -1.39. The van der Waals surface area contributed by atoms with Gasteiger partial charge in [0.2, 0.25) is 5.91 Å². The first-order chi connectivity index (χ1) is 11.2. The summed E-state index contributed by atoms with van der Waals surface area (Å²) in [6.07, 6.45) is 4.87. The molecule has 0 aliphatic heterocycles. The van der Waals surface area contributed by atoms with Gasteiger partial charge in [0.25, 0.3) is 0 Å². The van der Waals surface area contributed by atoms with E-state index in [4.69, 9.17) is 0 Å². The molecule has 0 aromatic heterocycles. The van der Waals surface area contributed by atoms with Gasteiger partial charge in [0.1, 0.15) is 0 Å². The van der Waals surface area contributed by atoms with Gasteiger partial charge in [0.05, 0.1) is 13.2 Å². The van der Waals surface area contributed by atoms with Crippen LogP contribution in [0.2, 0.25) is 0 Å². The summed E-state index contributed by atoms with van der Waals surface area (Å²) in [6.45, 7) is 5.34. The van der Waals surface area contributed by atoms with Gasteiger partial charge in [-0.1, -0.05) is 38.1 Å². The Morgan fingerprint density at radius 3 is 2.74 bits per heavy atom. The minimum Gasteiger partial charge on any atom is -0.395 e. The van der Waals surface area contributed by atoms with E-state index in [0.717, 1.165) is 38.6 Å². The number of benzene rings is 1. The van der Waals surface area contributed by atoms with Crippen LogP contribution >= 0.6 is 0 Å². The molecule has 1 aromatic carbocycles. The second-order valence-corrected chi connectivity index (χ2v) is 6.43. The molecule has 23 heavy (non-hydrogen) atoms. The molecule has 2 atom stereocenters. The summed E-state index contributed by atoms with van der Waals surface area (Å²) in [4.78, 5) is 14.4. The lowest BCUT2D eigenvalue weighted by Gasteiger charge is -2.39. The van der Waals surface area contributed by atoms with Crippen molar-refractivity contribution in [2.45, 2.75) is 58.0 Å². The molecule has 0 bridgehead atoms. The number of nitrogens with one attached hydrogen (secondary N) is 1. The molecule has 0 saturated heterocycles. The van der Waals surface area contributed by atoms with Crippen LogP contribution in [0.25, 0.3) is 0 Å². The fourth-order valence-corrected chi connectivity index (χ4v) is 3.47. The number of carbonyl (C=O) groups excluding carboxylic acids is 1. The quantitative estimate of drug-likeness (QED) is 0.772. The molecule has 2 N–H and O–H groups in total. The Bertz CT molecular complexity index is 500. The van der Waals surface area contributed by atoms with Crippen molar-refractivity contribution < 1.29 is 9.90 Å². The van der Waals surface area contributed by atoms with E-state index in [0.29, 0.717) is 12.6 Å². The second-order valence-electron chi connectivity index (χ2n) is 6.43. The SMILES string of the molecule is CCCNC(=O)CN(C1CCc2ccccc2C1)[C@@H](CC)CO. The Morgan fingerprint density at radius 2 is 2.09 bits per heavy atom. The van der Waals surface area contributed by atoms with E-state index >= 15 is 0 Å². The van der Waals surface area contributed by atoms with Gasteiger partial charge in [-0.25, -0.2) is 0 Å². The molecule has 1 aromatic rings. The Morgan fingerprint density at radius 1 is 1.35 bits per heavy atom. The molecule has 1 aliphatic rings. The number of nitrogens with zero attached hydrogens (tertiary/aromatic N) is 1. The van der Waals surface area contributed by atoms with E-state index < -0.39 is 0 Å². The highest BCUT2D eigenvalue weighted by Gasteiger charge is 2.29. The van der Waals surface area contributed by atoms with Gasteiger partial charge in [0, 0.05) is 18.6 Å². The van der Waals surface area contributed by atoms with E-state index in [1.54, 1.807) is 0 Å². The topological polar surface area (TPSA) is 52.6 Å². The van der Waals surface area contributed by atoms with Crippen LogP contribution in [0.1, 0.15) is 44.2 Å². The number of aliphatic hydroxyl groups is 1. The minimum absolute atomic E-state index is 0.0534. The Kier molecular flexibility index (Phi) is 7.06. The standard InChI is InChI=1S/C19H30N2O2/c1-3-11-20-19(23)13-21(17(4-2)14-22)18-10-9-15-7-5-6-8-16(15)12-18/h5-8,17-18,22H,3-4,9-14H2,1-2H3,(H,20,23)/t17-,18?/m0/s1. The molecule has 4 heteroatoms. The monoisotopic (exact) mass is 318 g/mol. The number of carbonyl (C=O) groups is 1. The lowest BCUT2D eigenvalue weighted by Crippen LogP contribution is -2.51. The number of aliphatic hydroxyl groups excluding tert-OH is 1. The molecule has 0 heterocycles. The van der Waals surface area contributed by atoms with Gasteiger partial charge in [0.15, 0.2) is 0 Å². The summed E-state index contributed by atoms with van der Waals surface area (Å²) in [5.74, 6) is 0.0672. The molecule has 1 aliphatic carbocycles. The predicted octanol–water partition coefficient (Wildman–Crippen LogP) is 2.14. The average molecular weight is 318 g/mol. The van der Waals surface area contributed by atoms with E-state index in [-0.39, 0.29) is 18.6 Å². The molecule has 1 amide bonds. The van der Waals surface area contributed by atoms with Crippen molar-refractivity contribution in [1.82, 2.24) is 10.2 Å². The van der Waals surface area contributed by atoms with E-state index in [1.165, 1.54) is 11.1 Å². The van der Waals surface area contributed by atoms with Crippen molar-refractivity contribution in [3.63, 3.8) is 0 Å². The molecule has 1 unspecified atom stereocenters. The van der Waals surface area contributed by atoms with Crippen LogP contribution in [0, 0.1) is 0 Å². The maximum Gasteiger partial charge on any atom is 0.234 e. The normalized spacial score (nSPS) is 18.5. The first kappa shape index (κ1) is 18.0. The smallest absolute Gasteiger partial charge is 0.234 e. The number of rotatable bonds is 8. The van der Waals surface area contributed by atoms with Crippen LogP contribution < -0.4 is 5.32 Å². The van der Waals surface area contributed by atoms with Crippen molar-refractivity contribution in [3.8, 4) is 0 Å². The van der Waals surface area contributed by atoms with Gasteiger partial charge in [-0.2, -0.15) is 0 Å². The lowest BCUT2D eigenvalue weighted by atomic mass is 9.86. The molecule has 0 fully saturated rings. The van der Waals surface area contributed by atoms with Gasteiger partial charge < -0.3 is 10.4 Å². The average Bonchev–Trinajstić information content (AvgIpc) is 2.59. The number of amides is 1. The third-order valence-electron chi connectivity index (χ3n) is 4.84. The maximum atomic E-state index is 12.2. The van der Waals surface area contributed by atoms with Gasteiger partial charge in [-0.3, -0.25) is 9.69 Å². The number of aryl methyl sites for hydroxylation is 1. The third kappa shape index (κ3) is 4.79. The van der Waals surface area contributed by atoms with Gasteiger partial charge in [-0.05, 0) is 43.2 Å². The summed E-state index contributed by atoms with van der Waals surface area (Å²) in [5, 5.41) is 12.7. The van der Waals surface area contributed by atoms with E-state index in [2.05, 4.69) is 48.3 Å². The van der Waals surface area contributed by atoms with Gasteiger partial charge in [-0.15, -0.1) is 0 Å². The highest BCUT2D eigenvalue weighted by atomic mass is 16.3.